The quantitative estimate of drug-likeness (QED) is 0.155. The van der Waals surface area contributed by atoms with E-state index >= 15 is 0 Å². The van der Waals surface area contributed by atoms with Gasteiger partial charge in [0.1, 0.15) is 0 Å². The van der Waals surface area contributed by atoms with E-state index in [0.29, 0.717) is 6.42 Å². The van der Waals surface area contributed by atoms with E-state index in [-0.39, 0.29) is 19.6 Å². The zero-order valence-electron chi connectivity index (χ0n) is 20.9. The fourth-order valence-electron chi connectivity index (χ4n) is 4.94. The molecule has 0 unspecified atom stereocenters. The summed E-state index contributed by atoms with van der Waals surface area (Å²) in [7, 11) is -0.987. The van der Waals surface area contributed by atoms with Crippen LogP contribution in [-0.2, 0) is 25.5 Å². The highest BCUT2D eigenvalue weighted by Gasteiger charge is 2.44. The lowest BCUT2D eigenvalue weighted by molar-refractivity contribution is -0.164. The van der Waals surface area contributed by atoms with Gasteiger partial charge in [0.15, 0.2) is 0 Å². The van der Waals surface area contributed by atoms with E-state index in [9.17, 15) is 9.59 Å². The molecular weight excluding hydrogens is 432 g/mol. The number of nitrogens with one attached hydrogen (secondary N) is 1. The van der Waals surface area contributed by atoms with Crippen molar-refractivity contribution in [3.05, 3.63) is 29.8 Å². The second-order valence-electron chi connectivity index (χ2n) is 9.45. The Kier molecular flexibility index (Phi) is 11.4. The Hall–Kier alpha value is -1.86. The largest absolute Gasteiger partial charge is 0.464 e. The monoisotopic (exact) mass is 476 g/mol. The fraction of sp³-hybridized carbons (Fsp3) is 0.692. The van der Waals surface area contributed by atoms with E-state index in [0.717, 1.165) is 17.8 Å². The maximum absolute atomic E-state index is 12.3. The first-order valence-electron chi connectivity index (χ1n) is 12.9. The summed E-state index contributed by atoms with van der Waals surface area (Å²) in [5, 5.41) is 3.56. The Bertz CT molecular complexity index is 714. The first-order valence-corrected chi connectivity index (χ1v) is 15.7. The number of esters is 2. The van der Waals surface area contributed by atoms with Gasteiger partial charge in [0.2, 0.25) is 5.54 Å². The summed E-state index contributed by atoms with van der Waals surface area (Å²) < 4.78 is 10.1. The Balaban J connectivity index is 1.84. The summed E-state index contributed by atoms with van der Waals surface area (Å²) in [6.45, 7) is 7.03. The van der Waals surface area contributed by atoms with Crippen molar-refractivity contribution in [1.82, 2.24) is 0 Å². The number of benzene rings is 1. The highest BCUT2D eigenvalue weighted by Crippen LogP contribution is 2.38. The molecule has 186 valence electrons. The molecule has 0 radical (unpaired) electrons. The summed E-state index contributed by atoms with van der Waals surface area (Å²) in [5.74, 6) is -1.46. The van der Waals surface area contributed by atoms with Gasteiger partial charge in [0, 0.05) is 12.2 Å². The SMILES string of the molecule is CCCC[Si]1(CCCNc2ccc(CCC(N)(C(=O)OCC)C(=O)OCC)cc2)CCCC1. The van der Waals surface area contributed by atoms with Crippen molar-refractivity contribution < 1.29 is 19.1 Å². The van der Waals surface area contributed by atoms with Crippen LogP contribution in [0, 0.1) is 0 Å². The number of carbonyl (C=O) groups is 2. The molecule has 1 aromatic carbocycles. The first kappa shape index (κ1) is 27.4. The number of aryl methyl sites for hydroxylation is 1. The van der Waals surface area contributed by atoms with Crippen molar-refractivity contribution in [3.63, 3.8) is 0 Å². The lowest BCUT2D eigenvalue weighted by Gasteiger charge is -2.26. The zero-order valence-corrected chi connectivity index (χ0v) is 21.9. The third-order valence-electron chi connectivity index (χ3n) is 6.98. The summed E-state index contributed by atoms with van der Waals surface area (Å²) in [6, 6.07) is 14.2. The number of hydrogen-bond donors (Lipinski definition) is 2. The predicted molar refractivity (Wildman–Crippen MR) is 137 cm³/mol. The van der Waals surface area contributed by atoms with Crippen LogP contribution < -0.4 is 11.1 Å². The molecule has 1 aromatic rings. The molecule has 7 heteroatoms. The van der Waals surface area contributed by atoms with Crippen molar-refractivity contribution in [1.29, 1.82) is 0 Å². The van der Waals surface area contributed by atoms with Gasteiger partial charge in [-0.25, -0.2) is 9.59 Å². The van der Waals surface area contributed by atoms with Crippen LogP contribution in [0.15, 0.2) is 24.3 Å². The second-order valence-corrected chi connectivity index (χ2v) is 14.5. The van der Waals surface area contributed by atoms with Crippen LogP contribution in [0.1, 0.15) is 64.9 Å². The number of rotatable bonds is 15. The molecule has 0 aromatic heterocycles. The minimum Gasteiger partial charge on any atom is -0.464 e. The molecule has 0 aliphatic carbocycles. The van der Waals surface area contributed by atoms with Gasteiger partial charge in [-0.1, -0.05) is 68.9 Å². The zero-order chi connectivity index (χ0) is 24.2. The van der Waals surface area contributed by atoms with Crippen LogP contribution in [-0.4, -0.2) is 45.3 Å². The highest BCUT2D eigenvalue weighted by atomic mass is 28.3. The molecule has 0 amide bonds. The molecule has 0 bridgehead atoms. The normalized spacial score (nSPS) is 15.3. The smallest absolute Gasteiger partial charge is 0.337 e. The lowest BCUT2D eigenvalue weighted by Crippen LogP contribution is -2.57. The van der Waals surface area contributed by atoms with Crippen LogP contribution in [0.25, 0.3) is 0 Å². The Morgan fingerprint density at radius 3 is 2.09 bits per heavy atom. The van der Waals surface area contributed by atoms with Gasteiger partial charge in [0.25, 0.3) is 0 Å². The minimum absolute atomic E-state index is 0.141. The van der Waals surface area contributed by atoms with E-state index < -0.39 is 25.6 Å². The maximum Gasteiger partial charge on any atom is 0.337 e. The Labute approximate surface area is 201 Å². The van der Waals surface area contributed by atoms with Crippen LogP contribution in [0.5, 0.6) is 0 Å². The molecule has 1 aliphatic heterocycles. The predicted octanol–water partition coefficient (Wildman–Crippen LogP) is 5.29. The molecule has 0 atom stereocenters. The van der Waals surface area contributed by atoms with Gasteiger partial charge >= 0.3 is 11.9 Å². The van der Waals surface area contributed by atoms with Gasteiger partial charge in [-0.2, -0.15) is 0 Å². The van der Waals surface area contributed by atoms with Gasteiger partial charge < -0.3 is 20.5 Å². The van der Waals surface area contributed by atoms with Crippen molar-refractivity contribution in [2.75, 3.05) is 25.1 Å². The number of ether oxygens (including phenoxy) is 2. The molecule has 3 N–H and O–H groups in total. The summed E-state index contributed by atoms with van der Waals surface area (Å²) in [5.41, 5.74) is 6.49. The van der Waals surface area contributed by atoms with Crippen LogP contribution in [0.2, 0.25) is 24.2 Å². The summed E-state index contributed by atoms with van der Waals surface area (Å²) >= 11 is 0. The molecule has 1 aliphatic rings. The number of nitrogens with two attached hydrogens (primary N) is 1. The molecule has 0 saturated carbocycles. The van der Waals surface area contributed by atoms with Crippen LogP contribution in [0.3, 0.4) is 0 Å². The van der Waals surface area contributed by atoms with Crippen LogP contribution >= 0.6 is 0 Å². The molecule has 2 rings (SSSR count). The molecule has 1 heterocycles. The van der Waals surface area contributed by atoms with Gasteiger partial charge in [-0.3, -0.25) is 0 Å². The molecular formula is C26H44N2O4Si. The molecule has 1 saturated heterocycles. The van der Waals surface area contributed by atoms with Gasteiger partial charge in [0.05, 0.1) is 21.3 Å². The number of carbonyl (C=O) groups excluding carboxylic acids is 2. The Morgan fingerprint density at radius 2 is 1.55 bits per heavy atom. The van der Waals surface area contributed by atoms with Gasteiger partial charge in [-0.05, 0) is 50.8 Å². The highest BCUT2D eigenvalue weighted by molar-refractivity contribution is 6.80. The maximum atomic E-state index is 12.3. The average molecular weight is 477 g/mol. The van der Waals surface area contributed by atoms with E-state index in [1.807, 2.05) is 12.1 Å². The number of anilines is 1. The third kappa shape index (κ3) is 8.14. The molecule has 33 heavy (non-hydrogen) atoms. The lowest BCUT2D eigenvalue weighted by atomic mass is 9.92. The molecule has 0 spiro atoms. The van der Waals surface area contributed by atoms with Crippen molar-refractivity contribution in [2.24, 2.45) is 5.73 Å². The van der Waals surface area contributed by atoms with E-state index in [1.54, 1.807) is 25.9 Å². The molecule has 6 nitrogen and oxygen atoms in total. The minimum atomic E-state index is -1.78. The fourth-order valence-corrected chi connectivity index (χ4v) is 10.5. The third-order valence-corrected chi connectivity index (χ3v) is 12.6. The van der Waals surface area contributed by atoms with E-state index in [1.165, 1.54) is 44.2 Å². The average Bonchev–Trinajstić information content (AvgIpc) is 3.29. The summed E-state index contributed by atoms with van der Waals surface area (Å²) in [6.07, 6.45) is 7.54. The van der Waals surface area contributed by atoms with E-state index in [4.69, 9.17) is 15.2 Å². The Morgan fingerprint density at radius 1 is 0.970 bits per heavy atom. The topological polar surface area (TPSA) is 90.6 Å². The first-order chi connectivity index (χ1) is 15.9. The van der Waals surface area contributed by atoms with Crippen molar-refractivity contribution in [2.45, 2.75) is 95.4 Å². The van der Waals surface area contributed by atoms with Crippen molar-refractivity contribution >= 4 is 25.7 Å². The number of hydrogen-bond acceptors (Lipinski definition) is 6. The standard InChI is InChI=1S/C26H44N2O4Si/c1-4-7-18-33(19-8-9-20-33)21-10-17-28-23-13-11-22(12-14-23)15-16-26(27,24(29)31-5-2)25(30)32-6-3/h11-14,28H,4-10,15-21,27H2,1-3H3. The second kappa shape index (κ2) is 13.7. The number of unbranched alkanes of at least 4 members (excludes halogenated alkanes) is 1. The molecule has 1 fully saturated rings. The summed E-state index contributed by atoms with van der Waals surface area (Å²) in [4.78, 5) is 24.6. The van der Waals surface area contributed by atoms with Gasteiger partial charge in [-0.15, -0.1) is 0 Å². The van der Waals surface area contributed by atoms with Crippen molar-refractivity contribution in [3.8, 4) is 0 Å². The van der Waals surface area contributed by atoms with Crippen LogP contribution in [0.4, 0.5) is 5.69 Å². The van der Waals surface area contributed by atoms with E-state index in [2.05, 4.69) is 24.4 Å².